The summed E-state index contributed by atoms with van der Waals surface area (Å²) >= 11 is 0. The number of halogens is 4. The minimum Gasteiger partial charge on any atom is -0.505 e. The van der Waals surface area contributed by atoms with Gasteiger partial charge in [0.15, 0.2) is 17.3 Å². The fourth-order valence-electron chi connectivity index (χ4n) is 3.51. The number of fused-ring (bicyclic) bond motifs is 1. The Morgan fingerprint density at radius 2 is 1.64 bits per heavy atom. The van der Waals surface area contributed by atoms with Crippen LogP contribution in [-0.2, 0) is 10.2 Å². The Morgan fingerprint density at radius 3 is 2.12 bits per heavy atom. The van der Waals surface area contributed by atoms with E-state index < -0.39 is 41.0 Å². The number of rotatable bonds is 3. The van der Waals surface area contributed by atoms with Crippen molar-refractivity contribution in [2.75, 3.05) is 0 Å². The Labute approximate surface area is 186 Å². The van der Waals surface area contributed by atoms with Gasteiger partial charge in [-0.2, -0.15) is 0 Å². The molecule has 0 aliphatic carbocycles. The maximum Gasteiger partial charge on any atom is 0.573 e. The molecule has 0 aliphatic heterocycles. The fraction of sp³-hybridized carbons (Fsp3) is 0.304. The molecule has 0 aliphatic rings. The standard InChI is InChI=1S/C23H21F4NO5/c1-11-20(32-12(2)29)17-16(10-15(22(3,4)5)19(30)18(17)24)28(11)21(31)13-6-8-14(9-7-13)33-23(25,26)27/h6-10,30H,1-5H3. The van der Waals surface area contributed by atoms with Crippen LogP contribution in [0.5, 0.6) is 17.2 Å². The van der Waals surface area contributed by atoms with Crippen LogP contribution < -0.4 is 9.47 Å². The lowest BCUT2D eigenvalue weighted by molar-refractivity contribution is -0.274. The van der Waals surface area contributed by atoms with Crippen molar-refractivity contribution in [1.82, 2.24) is 4.57 Å². The van der Waals surface area contributed by atoms with Crippen molar-refractivity contribution < 1.29 is 41.7 Å². The molecule has 0 fully saturated rings. The summed E-state index contributed by atoms with van der Waals surface area (Å²) in [5.74, 6) is -3.92. The third-order valence-corrected chi connectivity index (χ3v) is 4.94. The van der Waals surface area contributed by atoms with Crippen LogP contribution >= 0.6 is 0 Å². The Morgan fingerprint density at radius 1 is 1.06 bits per heavy atom. The van der Waals surface area contributed by atoms with Gasteiger partial charge in [0.05, 0.1) is 16.6 Å². The Bertz CT molecular complexity index is 1250. The highest BCUT2D eigenvalue weighted by atomic mass is 19.4. The first-order chi connectivity index (χ1) is 15.1. The summed E-state index contributed by atoms with van der Waals surface area (Å²) in [6, 6.07) is 5.62. The molecule has 0 radical (unpaired) electrons. The predicted octanol–water partition coefficient (Wildman–Crippen LogP) is 5.60. The second-order valence-electron chi connectivity index (χ2n) is 8.45. The molecular formula is C23H21F4NO5. The van der Waals surface area contributed by atoms with Crippen molar-refractivity contribution in [1.29, 1.82) is 0 Å². The van der Waals surface area contributed by atoms with Gasteiger partial charge < -0.3 is 14.6 Å². The van der Waals surface area contributed by atoms with Crippen LogP contribution in [0.25, 0.3) is 10.9 Å². The van der Waals surface area contributed by atoms with E-state index in [1.54, 1.807) is 20.8 Å². The molecule has 0 unspecified atom stereocenters. The summed E-state index contributed by atoms with van der Waals surface area (Å²) in [7, 11) is 0. The second kappa shape index (κ2) is 8.09. The summed E-state index contributed by atoms with van der Waals surface area (Å²) in [6.45, 7) is 7.74. The number of nitrogens with zero attached hydrogens (tertiary/aromatic N) is 1. The largest absolute Gasteiger partial charge is 0.573 e. The van der Waals surface area contributed by atoms with Gasteiger partial charge in [-0.05, 0) is 42.7 Å². The van der Waals surface area contributed by atoms with E-state index in [1.807, 2.05) is 0 Å². The quantitative estimate of drug-likeness (QED) is 0.401. The van der Waals surface area contributed by atoms with Crippen molar-refractivity contribution in [2.45, 2.75) is 46.4 Å². The molecule has 3 rings (SSSR count). The zero-order valence-electron chi connectivity index (χ0n) is 18.4. The highest BCUT2D eigenvalue weighted by molar-refractivity contribution is 6.06. The van der Waals surface area contributed by atoms with Gasteiger partial charge in [-0.15, -0.1) is 13.2 Å². The minimum absolute atomic E-state index is 0.0234. The van der Waals surface area contributed by atoms with E-state index in [9.17, 15) is 27.9 Å². The minimum atomic E-state index is -4.89. The molecule has 0 saturated heterocycles. The third kappa shape index (κ3) is 4.64. The Hall–Kier alpha value is -3.56. The summed E-state index contributed by atoms with van der Waals surface area (Å²) in [5.41, 5.74) is -0.412. The van der Waals surface area contributed by atoms with E-state index >= 15 is 4.39 Å². The molecular weight excluding hydrogens is 446 g/mol. The molecule has 10 heteroatoms. The van der Waals surface area contributed by atoms with Crippen LogP contribution in [0.3, 0.4) is 0 Å². The van der Waals surface area contributed by atoms with Crippen LogP contribution in [0.4, 0.5) is 17.6 Å². The number of phenols is 1. The summed E-state index contributed by atoms with van der Waals surface area (Å²) < 4.78 is 62.6. The average molecular weight is 467 g/mol. The zero-order valence-corrected chi connectivity index (χ0v) is 18.4. The molecule has 33 heavy (non-hydrogen) atoms. The van der Waals surface area contributed by atoms with E-state index in [0.29, 0.717) is 0 Å². The lowest BCUT2D eigenvalue weighted by atomic mass is 9.85. The van der Waals surface area contributed by atoms with Crippen molar-refractivity contribution >= 4 is 22.8 Å². The van der Waals surface area contributed by atoms with Crippen LogP contribution in [0.2, 0.25) is 0 Å². The van der Waals surface area contributed by atoms with E-state index in [0.717, 1.165) is 35.8 Å². The highest BCUT2D eigenvalue weighted by Gasteiger charge is 2.32. The number of esters is 1. The number of ether oxygens (including phenoxy) is 2. The number of hydrogen-bond acceptors (Lipinski definition) is 5. The highest BCUT2D eigenvalue weighted by Crippen LogP contribution is 2.43. The lowest BCUT2D eigenvalue weighted by Gasteiger charge is -2.21. The second-order valence-corrected chi connectivity index (χ2v) is 8.45. The van der Waals surface area contributed by atoms with Gasteiger partial charge >= 0.3 is 12.3 Å². The van der Waals surface area contributed by atoms with Gasteiger partial charge in [0.1, 0.15) is 5.75 Å². The molecule has 0 amide bonds. The van der Waals surface area contributed by atoms with E-state index in [4.69, 9.17) is 4.74 Å². The summed E-state index contributed by atoms with van der Waals surface area (Å²) in [5, 5.41) is 10.2. The van der Waals surface area contributed by atoms with E-state index in [2.05, 4.69) is 4.74 Å². The number of carbonyl (C=O) groups excluding carboxylic acids is 2. The van der Waals surface area contributed by atoms with Crippen molar-refractivity contribution in [3.8, 4) is 17.2 Å². The van der Waals surface area contributed by atoms with Crippen molar-refractivity contribution in [3.05, 3.63) is 53.0 Å². The van der Waals surface area contributed by atoms with Gasteiger partial charge in [-0.3, -0.25) is 14.2 Å². The molecule has 3 aromatic rings. The first-order valence-electron chi connectivity index (χ1n) is 9.77. The van der Waals surface area contributed by atoms with Crippen molar-refractivity contribution in [2.24, 2.45) is 0 Å². The van der Waals surface area contributed by atoms with Crippen molar-refractivity contribution in [3.63, 3.8) is 0 Å². The number of aromatic hydroxyl groups is 1. The average Bonchev–Trinajstić information content (AvgIpc) is 2.94. The fourth-order valence-corrected chi connectivity index (χ4v) is 3.51. The van der Waals surface area contributed by atoms with Crippen LogP contribution in [-0.4, -0.2) is 27.9 Å². The number of aromatic nitrogens is 1. The molecule has 2 aromatic carbocycles. The molecule has 6 nitrogen and oxygen atoms in total. The first-order valence-corrected chi connectivity index (χ1v) is 9.77. The molecule has 1 aromatic heterocycles. The lowest BCUT2D eigenvalue weighted by Crippen LogP contribution is -2.18. The topological polar surface area (TPSA) is 77.8 Å². The molecule has 0 spiro atoms. The third-order valence-electron chi connectivity index (χ3n) is 4.94. The number of alkyl halides is 3. The molecule has 0 saturated carbocycles. The molecule has 1 N–H and O–H groups in total. The predicted molar refractivity (Wildman–Crippen MR) is 111 cm³/mol. The van der Waals surface area contributed by atoms with E-state index in [1.165, 1.54) is 13.0 Å². The van der Waals surface area contributed by atoms with Gasteiger partial charge in [-0.1, -0.05) is 20.8 Å². The van der Waals surface area contributed by atoms with E-state index in [-0.39, 0.29) is 33.5 Å². The number of benzene rings is 2. The number of phenolic OH excluding ortho intramolecular Hbond substituents is 1. The smallest absolute Gasteiger partial charge is 0.505 e. The number of carbonyl (C=O) groups is 2. The normalized spacial score (nSPS) is 12.2. The maximum atomic E-state index is 15.3. The summed E-state index contributed by atoms with van der Waals surface area (Å²) in [6.07, 6.45) is -4.89. The Kier molecular flexibility index (Phi) is 5.91. The monoisotopic (exact) mass is 467 g/mol. The van der Waals surface area contributed by atoms with Gasteiger partial charge in [0.2, 0.25) is 0 Å². The van der Waals surface area contributed by atoms with Gasteiger partial charge in [0.25, 0.3) is 5.91 Å². The van der Waals surface area contributed by atoms with Crippen LogP contribution in [0.1, 0.15) is 49.3 Å². The molecule has 0 bridgehead atoms. The SMILES string of the molecule is CC(=O)Oc1c(C)n(C(=O)c2ccc(OC(F)(F)F)cc2)c2cc(C(C)(C)C)c(O)c(F)c12. The molecule has 176 valence electrons. The molecule has 0 atom stereocenters. The zero-order chi connectivity index (χ0) is 24.9. The van der Waals surface area contributed by atoms with Gasteiger partial charge in [0, 0.05) is 18.1 Å². The number of hydrogen-bond donors (Lipinski definition) is 1. The van der Waals surface area contributed by atoms with Crippen LogP contribution in [0.15, 0.2) is 30.3 Å². The van der Waals surface area contributed by atoms with Crippen LogP contribution in [0, 0.1) is 12.7 Å². The molecule has 1 heterocycles. The first kappa shape index (κ1) is 24.1. The van der Waals surface area contributed by atoms with Gasteiger partial charge in [-0.25, -0.2) is 4.39 Å². The summed E-state index contributed by atoms with van der Waals surface area (Å²) in [4.78, 5) is 24.9. The maximum absolute atomic E-state index is 15.3. The Balaban J connectivity index is 2.25.